The number of halogens is 1. The summed E-state index contributed by atoms with van der Waals surface area (Å²) in [4.78, 5) is 12.8. The summed E-state index contributed by atoms with van der Waals surface area (Å²) in [6, 6.07) is 8.25. The molecule has 0 aliphatic carbocycles. The van der Waals surface area contributed by atoms with Crippen molar-refractivity contribution in [3.05, 3.63) is 70.0 Å². The molecule has 2 N–H and O–H groups in total. The van der Waals surface area contributed by atoms with Crippen LogP contribution in [0.3, 0.4) is 0 Å². The molecule has 0 saturated carbocycles. The molecule has 1 unspecified atom stereocenters. The fraction of sp³-hybridized carbons (Fsp3) is 0.217. The summed E-state index contributed by atoms with van der Waals surface area (Å²) in [5, 5.41) is 11.7. The lowest BCUT2D eigenvalue weighted by atomic mass is 9.95. The fourth-order valence-corrected chi connectivity index (χ4v) is 4.19. The summed E-state index contributed by atoms with van der Waals surface area (Å²) >= 11 is -1.22. The van der Waals surface area contributed by atoms with E-state index in [9.17, 15) is 13.7 Å². The number of aromatic nitrogens is 1. The summed E-state index contributed by atoms with van der Waals surface area (Å²) in [6.07, 6.45) is 6.13. The van der Waals surface area contributed by atoms with Crippen molar-refractivity contribution in [2.24, 2.45) is 7.05 Å². The lowest BCUT2D eigenvalue weighted by Gasteiger charge is -2.16. The first-order chi connectivity index (χ1) is 14.8. The summed E-state index contributed by atoms with van der Waals surface area (Å²) in [5.41, 5.74) is 2.80. The lowest BCUT2D eigenvalue weighted by Crippen LogP contribution is -2.17. The van der Waals surface area contributed by atoms with Crippen LogP contribution in [-0.4, -0.2) is 35.7 Å². The molecule has 0 saturated heterocycles. The Labute approximate surface area is 183 Å². The van der Waals surface area contributed by atoms with Gasteiger partial charge >= 0.3 is 0 Å². The molecule has 0 fully saturated rings. The Kier molecular flexibility index (Phi) is 6.82. The maximum atomic E-state index is 14.5. The Morgan fingerprint density at radius 3 is 2.65 bits per heavy atom. The van der Waals surface area contributed by atoms with Gasteiger partial charge in [-0.2, -0.15) is 0 Å². The van der Waals surface area contributed by atoms with E-state index in [1.807, 2.05) is 6.07 Å². The van der Waals surface area contributed by atoms with Gasteiger partial charge in [0, 0.05) is 66.4 Å². The number of benzene rings is 2. The van der Waals surface area contributed by atoms with E-state index in [0.717, 1.165) is 5.56 Å². The second-order valence-electron chi connectivity index (χ2n) is 7.11. The van der Waals surface area contributed by atoms with Gasteiger partial charge in [-0.25, -0.2) is 4.39 Å². The number of nitrogens with one attached hydrogen (secondary N) is 2. The second-order valence-corrected chi connectivity index (χ2v) is 8.55. The van der Waals surface area contributed by atoms with Crippen LogP contribution in [0, 0.1) is 11.2 Å². The number of ether oxygens (including phenoxy) is 1. The molecule has 8 heteroatoms. The average Bonchev–Trinajstić information content (AvgIpc) is 2.75. The van der Waals surface area contributed by atoms with E-state index in [1.54, 1.807) is 44.7 Å². The summed E-state index contributed by atoms with van der Waals surface area (Å²) in [6.45, 7) is 0. The van der Waals surface area contributed by atoms with Gasteiger partial charge in [-0.3, -0.25) is 4.79 Å². The third kappa shape index (κ3) is 4.50. The number of nitrogens with zero attached hydrogens (tertiary/aromatic N) is 1. The van der Waals surface area contributed by atoms with E-state index in [4.69, 9.17) is 10.1 Å². The SMILES string of the molecule is CN/C=C(\C=N)c1ccc2c(=O)n(C)cc(-c3cc(C[S+](C)[O-])c(F)cc3OC)c2c1. The molecule has 3 rings (SSSR count). The predicted molar refractivity (Wildman–Crippen MR) is 125 cm³/mol. The molecular formula is C23H24FN3O3S. The molecule has 1 atom stereocenters. The van der Waals surface area contributed by atoms with E-state index in [0.29, 0.717) is 38.8 Å². The number of hydrogen-bond acceptors (Lipinski definition) is 5. The number of allylic oxidation sites excluding steroid dienone is 1. The van der Waals surface area contributed by atoms with Gasteiger partial charge in [0.15, 0.2) is 0 Å². The molecule has 0 aliphatic heterocycles. The minimum atomic E-state index is -1.22. The first-order valence-electron chi connectivity index (χ1n) is 9.49. The Morgan fingerprint density at radius 1 is 1.29 bits per heavy atom. The molecule has 0 radical (unpaired) electrons. The standard InChI is InChI=1S/C23H24FN3O3S/c1-26-11-16(10-25)14-5-6-17-18(7-14)20(12-27(2)23(17)28)19-8-15(13-31(4)29)21(24)9-22(19)30-3/h5-12,25-26H,13H2,1-4H3/b16-11+,25-10?. The van der Waals surface area contributed by atoms with Crippen molar-refractivity contribution in [1.82, 2.24) is 9.88 Å². The van der Waals surface area contributed by atoms with E-state index in [-0.39, 0.29) is 11.3 Å². The molecule has 0 amide bonds. The van der Waals surface area contributed by atoms with Crippen LogP contribution in [0.5, 0.6) is 5.75 Å². The van der Waals surface area contributed by atoms with Crippen molar-refractivity contribution >= 4 is 33.7 Å². The van der Waals surface area contributed by atoms with Crippen molar-refractivity contribution in [2.45, 2.75) is 5.75 Å². The highest BCUT2D eigenvalue weighted by molar-refractivity contribution is 7.89. The van der Waals surface area contributed by atoms with Gasteiger partial charge < -0.3 is 24.6 Å². The number of hydrogen-bond donors (Lipinski definition) is 2. The zero-order chi connectivity index (χ0) is 22.7. The van der Waals surface area contributed by atoms with Crippen molar-refractivity contribution in [3.63, 3.8) is 0 Å². The average molecular weight is 442 g/mol. The summed E-state index contributed by atoms with van der Waals surface area (Å²) in [7, 11) is 4.85. The maximum absolute atomic E-state index is 14.5. The molecular weight excluding hydrogens is 417 g/mol. The van der Waals surface area contributed by atoms with Crippen molar-refractivity contribution < 1.29 is 13.7 Å². The first-order valence-corrected chi connectivity index (χ1v) is 11.2. The summed E-state index contributed by atoms with van der Waals surface area (Å²) in [5.74, 6) is -0.110. The molecule has 0 spiro atoms. The van der Waals surface area contributed by atoms with Gasteiger partial charge in [-0.1, -0.05) is 17.2 Å². The second kappa shape index (κ2) is 9.36. The van der Waals surface area contributed by atoms with Gasteiger partial charge in [-0.05, 0) is 29.1 Å². The van der Waals surface area contributed by atoms with Crippen LogP contribution >= 0.6 is 0 Å². The Hall–Kier alpha value is -3.10. The predicted octanol–water partition coefficient (Wildman–Crippen LogP) is 3.44. The van der Waals surface area contributed by atoms with Crippen molar-refractivity contribution in [3.8, 4) is 16.9 Å². The summed E-state index contributed by atoms with van der Waals surface area (Å²) < 4.78 is 33.2. The van der Waals surface area contributed by atoms with Crippen LogP contribution in [0.2, 0.25) is 0 Å². The van der Waals surface area contributed by atoms with E-state index >= 15 is 0 Å². The van der Waals surface area contributed by atoms with Gasteiger partial charge in [0.05, 0.1) is 13.4 Å². The van der Waals surface area contributed by atoms with Gasteiger partial charge in [0.1, 0.15) is 17.3 Å². The van der Waals surface area contributed by atoms with Crippen LogP contribution in [-0.2, 0) is 24.0 Å². The minimum Gasteiger partial charge on any atom is -0.616 e. The fourth-order valence-electron chi connectivity index (χ4n) is 3.53. The van der Waals surface area contributed by atoms with Gasteiger partial charge in [-0.15, -0.1) is 0 Å². The molecule has 31 heavy (non-hydrogen) atoms. The molecule has 162 valence electrons. The quantitative estimate of drug-likeness (QED) is 0.434. The number of methoxy groups -OCH3 is 1. The zero-order valence-electron chi connectivity index (χ0n) is 17.8. The normalized spacial score (nSPS) is 12.6. The molecule has 2 aromatic carbocycles. The number of fused-ring (bicyclic) bond motifs is 1. The zero-order valence-corrected chi connectivity index (χ0v) is 18.6. The van der Waals surface area contributed by atoms with Crippen LogP contribution < -0.4 is 15.6 Å². The number of rotatable bonds is 7. The highest BCUT2D eigenvalue weighted by atomic mass is 32.2. The van der Waals surface area contributed by atoms with Crippen LogP contribution in [0.1, 0.15) is 11.1 Å². The van der Waals surface area contributed by atoms with E-state index < -0.39 is 17.0 Å². The number of aryl methyl sites for hydroxylation is 1. The maximum Gasteiger partial charge on any atom is 0.258 e. The van der Waals surface area contributed by atoms with Crippen LogP contribution in [0.25, 0.3) is 27.5 Å². The third-order valence-electron chi connectivity index (χ3n) is 4.99. The topological polar surface area (TPSA) is 90.2 Å². The minimum absolute atomic E-state index is 0.0701. The Bertz CT molecular complexity index is 1230. The largest absolute Gasteiger partial charge is 0.616 e. The molecule has 1 heterocycles. The first kappa shape index (κ1) is 22.6. The smallest absolute Gasteiger partial charge is 0.258 e. The number of pyridine rings is 1. The van der Waals surface area contributed by atoms with Crippen LogP contribution in [0.4, 0.5) is 4.39 Å². The molecule has 6 nitrogen and oxygen atoms in total. The molecule has 0 bridgehead atoms. The highest BCUT2D eigenvalue weighted by Crippen LogP contribution is 2.37. The Morgan fingerprint density at radius 2 is 2.03 bits per heavy atom. The molecule has 0 aliphatic rings. The Balaban J connectivity index is 2.38. The van der Waals surface area contributed by atoms with Gasteiger partial charge in [0.25, 0.3) is 5.56 Å². The molecule has 3 aromatic rings. The van der Waals surface area contributed by atoms with Gasteiger partial charge in [0.2, 0.25) is 0 Å². The van der Waals surface area contributed by atoms with Crippen molar-refractivity contribution in [2.75, 3.05) is 20.4 Å². The monoisotopic (exact) mass is 441 g/mol. The molecule has 1 aromatic heterocycles. The van der Waals surface area contributed by atoms with Crippen molar-refractivity contribution in [1.29, 1.82) is 5.41 Å². The van der Waals surface area contributed by atoms with E-state index in [2.05, 4.69) is 5.32 Å². The van der Waals surface area contributed by atoms with E-state index in [1.165, 1.54) is 30.2 Å². The van der Waals surface area contributed by atoms with Crippen LogP contribution in [0.15, 0.2) is 47.5 Å². The third-order valence-corrected chi connectivity index (χ3v) is 5.71. The lowest BCUT2D eigenvalue weighted by molar-refractivity contribution is 0.412. The highest BCUT2D eigenvalue weighted by Gasteiger charge is 2.19.